The zero-order valence-electron chi connectivity index (χ0n) is 16.4. The Morgan fingerprint density at radius 2 is 1.86 bits per heavy atom. The third-order valence-electron chi connectivity index (χ3n) is 4.84. The minimum atomic E-state index is -0.466. The average molecular weight is 453 g/mol. The van der Waals surface area contributed by atoms with Gasteiger partial charge in [-0.25, -0.2) is 0 Å². The van der Waals surface area contributed by atoms with Gasteiger partial charge in [-0.15, -0.1) is 0 Å². The first-order chi connectivity index (χ1) is 13.5. The third kappa shape index (κ3) is 8.00. The molecule has 154 valence electrons. The Kier molecular flexibility index (Phi) is 9.47. The number of carbonyl (C=O) groups excluding carboxylic acids is 3. The van der Waals surface area contributed by atoms with Crippen LogP contribution in [0.3, 0.4) is 0 Å². The molecule has 6 nitrogen and oxygen atoms in total. The van der Waals surface area contributed by atoms with Crippen LogP contribution in [0.5, 0.6) is 0 Å². The minimum absolute atomic E-state index is 0.0141. The van der Waals surface area contributed by atoms with Crippen molar-refractivity contribution in [3.63, 3.8) is 0 Å². The molecule has 0 radical (unpaired) electrons. The molecule has 2 N–H and O–H groups in total. The number of hydrogen-bond acceptors (Lipinski definition) is 4. The molecule has 1 aliphatic carbocycles. The van der Waals surface area contributed by atoms with E-state index in [1.807, 2.05) is 25.1 Å². The minimum Gasteiger partial charge on any atom is -0.456 e. The van der Waals surface area contributed by atoms with Gasteiger partial charge in [0.2, 0.25) is 5.91 Å². The summed E-state index contributed by atoms with van der Waals surface area (Å²) in [6.07, 6.45) is 7.29. The largest absolute Gasteiger partial charge is 0.456 e. The fraction of sp³-hybridized carbons (Fsp3) is 0.571. The Morgan fingerprint density at radius 3 is 2.57 bits per heavy atom. The first-order valence-electron chi connectivity index (χ1n) is 10.0. The molecule has 1 aromatic carbocycles. The molecular weight excluding hydrogens is 424 g/mol. The van der Waals surface area contributed by atoms with E-state index in [9.17, 15) is 14.4 Å². The van der Waals surface area contributed by atoms with Gasteiger partial charge in [0.15, 0.2) is 6.61 Å². The summed E-state index contributed by atoms with van der Waals surface area (Å²) in [7, 11) is 0. The van der Waals surface area contributed by atoms with E-state index in [1.165, 1.54) is 19.3 Å². The third-order valence-corrected chi connectivity index (χ3v) is 5.33. The molecule has 2 rings (SSSR count). The topological polar surface area (TPSA) is 84.5 Å². The number of nitrogens with one attached hydrogen (secondary N) is 2. The van der Waals surface area contributed by atoms with E-state index < -0.39 is 5.97 Å². The van der Waals surface area contributed by atoms with E-state index in [1.54, 1.807) is 0 Å². The summed E-state index contributed by atoms with van der Waals surface area (Å²) in [6, 6.07) is 5.88. The van der Waals surface area contributed by atoms with Gasteiger partial charge in [-0.05, 0) is 49.4 Å². The monoisotopic (exact) mass is 452 g/mol. The van der Waals surface area contributed by atoms with Gasteiger partial charge in [0.25, 0.3) is 5.91 Å². The van der Waals surface area contributed by atoms with Crippen LogP contribution in [0.4, 0.5) is 5.69 Å². The predicted octanol–water partition coefficient (Wildman–Crippen LogP) is 4.11. The molecule has 0 unspecified atom stereocenters. The van der Waals surface area contributed by atoms with Crippen LogP contribution < -0.4 is 10.6 Å². The number of benzene rings is 1. The van der Waals surface area contributed by atoms with Gasteiger partial charge in [-0.2, -0.15) is 0 Å². The number of halogens is 1. The number of anilines is 1. The van der Waals surface area contributed by atoms with E-state index in [-0.39, 0.29) is 30.9 Å². The standard InChI is InChI=1S/C21H29BrN2O4/c1-2-15-13-16(22)11-12-18(15)24-20(26)14-28-21(27)10-6-9-19(25)23-17-7-4-3-5-8-17/h11-13,17H,2-10,14H2,1H3,(H,23,25)(H,24,26). The molecule has 7 heteroatoms. The van der Waals surface area contributed by atoms with Crippen LogP contribution in [-0.4, -0.2) is 30.4 Å². The van der Waals surface area contributed by atoms with Crippen LogP contribution >= 0.6 is 15.9 Å². The maximum absolute atomic E-state index is 12.0. The molecule has 0 heterocycles. The number of amides is 2. The maximum Gasteiger partial charge on any atom is 0.306 e. The van der Waals surface area contributed by atoms with Gasteiger partial charge in [0, 0.05) is 29.0 Å². The average Bonchev–Trinajstić information content (AvgIpc) is 2.68. The van der Waals surface area contributed by atoms with Crippen LogP contribution in [0.25, 0.3) is 0 Å². The number of carbonyl (C=O) groups is 3. The van der Waals surface area contributed by atoms with Crippen molar-refractivity contribution in [2.45, 2.75) is 70.8 Å². The fourth-order valence-electron chi connectivity index (χ4n) is 3.32. The van der Waals surface area contributed by atoms with Crippen LogP contribution in [0.2, 0.25) is 0 Å². The van der Waals surface area contributed by atoms with E-state index in [0.29, 0.717) is 18.5 Å². The number of esters is 1. The Labute approximate surface area is 174 Å². The second-order valence-corrected chi connectivity index (χ2v) is 8.04. The summed E-state index contributed by atoms with van der Waals surface area (Å²) < 4.78 is 5.96. The normalized spacial score (nSPS) is 14.4. The molecule has 0 saturated heterocycles. The lowest BCUT2D eigenvalue weighted by Gasteiger charge is -2.22. The summed E-state index contributed by atoms with van der Waals surface area (Å²) in [5.74, 6) is -0.854. The quantitative estimate of drug-likeness (QED) is 0.551. The van der Waals surface area contributed by atoms with Crippen LogP contribution in [0.15, 0.2) is 22.7 Å². The summed E-state index contributed by atoms with van der Waals surface area (Å²) >= 11 is 3.40. The SMILES string of the molecule is CCc1cc(Br)ccc1NC(=O)COC(=O)CCCC(=O)NC1CCCCC1. The van der Waals surface area contributed by atoms with Crippen molar-refractivity contribution >= 4 is 39.4 Å². The number of ether oxygens (including phenoxy) is 1. The zero-order valence-corrected chi connectivity index (χ0v) is 18.0. The molecule has 28 heavy (non-hydrogen) atoms. The van der Waals surface area contributed by atoms with Crippen molar-refractivity contribution in [3.05, 3.63) is 28.2 Å². The molecule has 0 atom stereocenters. The molecule has 0 spiro atoms. The molecule has 1 saturated carbocycles. The Balaban J connectivity index is 1.62. The molecule has 1 fully saturated rings. The Hall–Kier alpha value is -1.89. The van der Waals surface area contributed by atoms with Crippen molar-refractivity contribution < 1.29 is 19.1 Å². The molecule has 1 aliphatic rings. The summed E-state index contributed by atoms with van der Waals surface area (Å²) in [5, 5.41) is 5.79. The van der Waals surface area contributed by atoms with Crippen molar-refractivity contribution in [1.29, 1.82) is 0 Å². The smallest absolute Gasteiger partial charge is 0.306 e. The highest BCUT2D eigenvalue weighted by molar-refractivity contribution is 9.10. The first kappa shape index (κ1) is 22.4. The van der Waals surface area contributed by atoms with E-state index in [2.05, 4.69) is 26.6 Å². The highest BCUT2D eigenvalue weighted by Crippen LogP contribution is 2.21. The van der Waals surface area contributed by atoms with Gasteiger partial charge >= 0.3 is 5.97 Å². The van der Waals surface area contributed by atoms with Gasteiger partial charge in [0.05, 0.1) is 0 Å². The van der Waals surface area contributed by atoms with E-state index in [4.69, 9.17) is 4.74 Å². The van der Waals surface area contributed by atoms with Crippen molar-refractivity contribution in [1.82, 2.24) is 5.32 Å². The van der Waals surface area contributed by atoms with Crippen LogP contribution in [-0.2, 0) is 25.5 Å². The Bertz CT molecular complexity index is 687. The molecular formula is C21H29BrN2O4. The summed E-state index contributed by atoms with van der Waals surface area (Å²) in [4.78, 5) is 35.7. The lowest BCUT2D eigenvalue weighted by molar-refractivity contribution is -0.147. The second-order valence-electron chi connectivity index (χ2n) is 7.12. The van der Waals surface area contributed by atoms with E-state index in [0.717, 1.165) is 29.3 Å². The number of aryl methyl sites for hydroxylation is 1. The van der Waals surface area contributed by atoms with Crippen molar-refractivity contribution in [3.8, 4) is 0 Å². The molecule has 0 bridgehead atoms. The highest BCUT2D eigenvalue weighted by atomic mass is 79.9. The fourth-order valence-corrected chi connectivity index (χ4v) is 3.73. The van der Waals surface area contributed by atoms with Crippen LogP contribution in [0.1, 0.15) is 63.9 Å². The number of hydrogen-bond donors (Lipinski definition) is 2. The highest BCUT2D eigenvalue weighted by Gasteiger charge is 2.16. The van der Waals surface area contributed by atoms with Gasteiger partial charge in [-0.3, -0.25) is 14.4 Å². The predicted molar refractivity (Wildman–Crippen MR) is 112 cm³/mol. The summed E-state index contributed by atoms with van der Waals surface area (Å²) in [6.45, 7) is 1.67. The van der Waals surface area contributed by atoms with Gasteiger partial charge in [-0.1, -0.05) is 42.1 Å². The lowest BCUT2D eigenvalue weighted by Crippen LogP contribution is -2.36. The zero-order chi connectivity index (χ0) is 20.4. The first-order valence-corrected chi connectivity index (χ1v) is 10.8. The summed E-state index contributed by atoms with van der Waals surface area (Å²) in [5.41, 5.74) is 1.71. The molecule has 0 aromatic heterocycles. The van der Waals surface area contributed by atoms with Crippen molar-refractivity contribution in [2.24, 2.45) is 0 Å². The Morgan fingerprint density at radius 1 is 1.11 bits per heavy atom. The molecule has 1 aromatic rings. The van der Waals surface area contributed by atoms with Crippen LogP contribution in [0, 0.1) is 0 Å². The number of rotatable bonds is 9. The van der Waals surface area contributed by atoms with Gasteiger partial charge < -0.3 is 15.4 Å². The maximum atomic E-state index is 12.0. The second kappa shape index (κ2) is 11.8. The lowest BCUT2D eigenvalue weighted by atomic mass is 9.95. The van der Waals surface area contributed by atoms with Crippen molar-refractivity contribution in [2.75, 3.05) is 11.9 Å². The van der Waals surface area contributed by atoms with E-state index >= 15 is 0 Å². The van der Waals surface area contributed by atoms with Gasteiger partial charge in [0.1, 0.15) is 0 Å². The molecule has 2 amide bonds. The molecule has 0 aliphatic heterocycles.